The van der Waals surface area contributed by atoms with Crippen molar-refractivity contribution in [2.45, 2.75) is 105 Å². The Bertz CT molecular complexity index is 150. The highest BCUT2D eigenvalue weighted by molar-refractivity contribution is 4.63. The van der Waals surface area contributed by atoms with E-state index in [0.29, 0.717) is 0 Å². The Labute approximate surface area is 117 Å². The van der Waals surface area contributed by atoms with Crippen LogP contribution in [-0.2, 0) is 0 Å². The molecule has 0 aliphatic carbocycles. The second kappa shape index (κ2) is 13.4. The molecule has 2 atom stereocenters. The molecule has 0 saturated carbocycles. The van der Waals surface area contributed by atoms with Crippen LogP contribution in [0.2, 0.25) is 0 Å². The molecule has 0 N–H and O–H groups in total. The van der Waals surface area contributed by atoms with Crippen LogP contribution in [-0.4, -0.2) is 0 Å². The first-order valence-corrected chi connectivity index (χ1v) is 8.74. The largest absolute Gasteiger partial charge is 0.0654 e. The van der Waals surface area contributed by atoms with Crippen LogP contribution in [0.25, 0.3) is 0 Å². The van der Waals surface area contributed by atoms with Crippen LogP contribution < -0.4 is 0 Å². The van der Waals surface area contributed by atoms with Crippen molar-refractivity contribution in [2.24, 2.45) is 11.8 Å². The number of unbranched alkanes of at least 4 members (excludes halogenated alkanes) is 6. The van der Waals surface area contributed by atoms with E-state index in [4.69, 9.17) is 0 Å². The van der Waals surface area contributed by atoms with Gasteiger partial charge in [0, 0.05) is 0 Å². The Morgan fingerprint density at radius 3 is 1.83 bits per heavy atom. The smallest absolute Gasteiger partial charge is 0.0412 e. The molecule has 0 aliphatic rings. The Morgan fingerprint density at radius 1 is 0.667 bits per heavy atom. The summed E-state index contributed by atoms with van der Waals surface area (Å²) in [6.45, 7) is 9.40. The highest BCUT2D eigenvalue weighted by Crippen LogP contribution is 2.25. The zero-order chi connectivity index (χ0) is 13.6. The zero-order valence-corrected chi connectivity index (χ0v) is 13.6. The van der Waals surface area contributed by atoms with Crippen molar-refractivity contribution in [2.75, 3.05) is 0 Å². The standard InChI is InChI=1S/C18H38/c1-5-8-9-10-11-12-13-15-18(14-6-2)16-17(4)7-3/h17-18H,5-16H2,1-4H3. The fourth-order valence-corrected chi connectivity index (χ4v) is 2.91. The average molecular weight is 255 g/mol. The molecular formula is C18H38. The van der Waals surface area contributed by atoms with Crippen LogP contribution in [0.3, 0.4) is 0 Å². The molecule has 0 aromatic carbocycles. The lowest BCUT2D eigenvalue weighted by Gasteiger charge is -2.19. The summed E-state index contributed by atoms with van der Waals surface area (Å²) in [5.74, 6) is 1.95. The van der Waals surface area contributed by atoms with Gasteiger partial charge in [-0.25, -0.2) is 0 Å². The van der Waals surface area contributed by atoms with Crippen molar-refractivity contribution in [1.29, 1.82) is 0 Å². The molecule has 18 heavy (non-hydrogen) atoms. The van der Waals surface area contributed by atoms with Gasteiger partial charge < -0.3 is 0 Å². The van der Waals surface area contributed by atoms with Crippen LogP contribution in [0.1, 0.15) is 105 Å². The molecule has 2 unspecified atom stereocenters. The van der Waals surface area contributed by atoms with Gasteiger partial charge in [0.2, 0.25) is 0 Å². The van der Waals surface area contributed by atoms with Crippen molar-refractivity contribution < 1.29 is 0 Å². The SMILES string of the molecule is CCCCCCCCCC(CCC)CC(C)CC. The minimum atomic E-state index is 0.936. The second-order valence-corrected chi connectivity index (χ2v) is 6.31. The summed E-state index contributed by atoms with van der Waals surface area (Å²) < 4.78 is 0. The molecule has 0 fully saturated rings. The maximum absolute atomic E-state index is 2.42. The monoisotopic (exact) mass is 254 g/mol. The molecular weight excluding hydrogens is 216 g/mol. The fourth-order valence-electron chi connectivity index (χ4n) is 2.91. The molecule has 0 nitrogen and oxygen atoms in total. The van der Waals surface area contributed by atoms with Gasteiger partial charge in [0.15, 0.2) is 0 Å². The number of hydrogen-bond donors (Lipinski definition) is 0. The third kappa shape index (κ3) is 11.1. The van der Waals surface area contributed by atoms with Crippen LogP contribution >= 0.6 is 0 Å². The third-order valence-electron chi connectivity index (χ3n) is 4.35. The van der Waals surface area contributed by atoms with Crippen LogP contribution in [0, 0.1) is 11.8 Å². The van der Waals surface area contributed by atoms with Gasteiger partial charge in [-0.1, -0.05) is 98.3 Å². The molecule has 0 rings (SSSR count). The van der Waals surface area contributed by atoms with E-state index in [-0.39, 0.29) is 0 Å². The minimum Gasteiger partial charge on any atom is -0.0654 e. The van der Waals surface area contributed by atoms with Gasteiger partial charge in [-0.15, -0.1) is 0 Å². The molecule has 0 aromatic heterocycles. The van der Waals surface area contributed by atoms with Crippen molar-refractivity contribution in [3.05, 3.63) is 0 Å². The molecule has 0 aromatic rings. The highest BCUT2D eigenvalue weighted by Gasteiger charge is 2.11. The summed E-state index contributed by atoms with van der Waals surface area (Å²) in [6.07, 6.45) is 17.3. The summed E-state index contributed by atoms with van der Waals surface area (Å²) in [6, 6.07) is 0. The normalized spacial score (nSPS) is 14.7. The molecule has 0 saturated heterocycles. The van der Waals surface area contributed by atoms with Gasteiger partial charge in [-0.3, -0.25) is 0 Å². The Balaban J connectivity index is 3.51. The Morgan fingerprint density at radius 2 is 1.28 bits per heavy atom. The first-order chi connectivity index (χ1) is 8.74. The summed E-state index contributed by atoms with van der Waals surface area (Å²) >= 11 is 0. The van der Waals surface area contributed by atoms with E-state index >= 15 is 0 Å². The maximum Gasteiger partial charge on any atom is -0.0412 e. The van der Waals surface area contributed by atoms with Crippen molar-refractivity contribution in [3.8, 4) is 0 Å². The molecule has 0 radical (unpaired) electrons. The maximum atomic E-state index is 2.42. The molecule has 0 heteroatoms. The number of hydrogen-bond acceptors (Lipinski definition) is 0. The van der Waals surface area contributed by atoms with Gasteiger partial charge in [0.1, 0.15) is 0 Å². The molecule has 0 heterocycles. The van der Waals surface area contributed by atoms with Gasteiger partial charge >= 0.3 is 0 Å². The predicted molar refractivity (Wildman–Crippen MR) is 85.1 cm³/mol. The Hall–Kier alpha value is 0. The molecule has 0 aliphatic heterocycles. The summed E-state index contributed by atoms with van der Waals surface area (Å²) in [5.41, 5.74) is 0. The van der Waals surface area contributed by atoms with E-state index in [1.54, 1.807) is 0 Å². The van der Waals surface area contributed by atoms with Crippen LogP contribution in [0.15, 0.2) is 0 Å². The van der Waals surface area contributed by atoms with Gasteiger partial charge in [-0.05, 0) is 18.3 Å². The minimum absolute atomic E-state index is 0.936. The van der Waals surface area contributed by atoms with Gasteiger partial charge in [0.25, 0.3) is 0 Å². The Kier molecular flexibility index (Phi) is 13.4. The lowest BCUT2D eigenvalue weighted by molar-refractivity contribution is 0.331. The molecule has 0 spiro atoms. The third-order valence-corrected chi connectivity index (χ3v) is 4.35. The summed E-state index contributed by atoms with van der Waals surface area (Å²) in [5, 5.41) is 0. The second-order valence-electron chi connectivity index (χ2n) is 6.31. The van der Waals surface area contributed by atoms with Crippen molar-refractivity contribution in [3.63, 3.8) is 0 Å². The molecule has 0 amide bonds. The van der Waals surface area contributed by atoms with E-state index in [1.807, 2.05) is 0 Å². The van der Waals surface area contributed by atoms with Gasteiger partial charge in [-0.2, -0.15) is 0 Å². The lowest BCUT2D eigenvalue weighted by Crippen LogP contribution is -2.06. The van der Waals surface area contributed by atoms with E-state index in [2.05, 4.69) is 27.7 Å². The summed E-state index contributed by atoms with van der Waals surface area (Å²) in [7, 11) is 0. The van der Waals surface area contributed by atoms with Gasteiger partial charge in [0.05, 0.1) is 0 Å². The van der Waals surface area contributed by atoms with Crippen molar-refractivity contribution >= 4 is 0 Å². The topological polar surface area (TPSA) is 0 Å². The predicted octanol–water partition coefficient (Wildman–Crippen LogP) is 6.98. The van der Waals surface area contributed by atoms with E-state index in [9.17, 15) is 0 Å². The fraction of sp³-hybridized carbons (Fsp3) is 1.00. The van der Waals surface area contributed by atoms with Crippen molar-refractivity contribution in [1.82, 2.24) is 0 Å². The summed E-state index contributed by atoms with van der Waals surface area (Å²) in [4.78, 5) is 0. The molecule has 0 bridgehead atoms. The first-order valence-electron chi connectivity index (χ1n) is 8.74. The van der Waals surface area contributed by atoms with E-state index < -0.39 is 0 Å². The molecule has 110 valence electrons. The highest BCUT2D eigenvalue weighted by atomic mass is 14.2. The van der Waals surface area contributed by atoms with E-state index in [0.717, 1.165) is 11.8 Å². The lowest BCUT2D eigenvalue weighted by atomic mass is 9.87. The number of rotatable bonds is 13. The van der Waals surface area contributed by atoms with Crippen LogP contribution in [0.4, 0.5) is 0 Å². The average Bonchev–Trinajstić information content (AvgIpc) is 2.37. The first kappa shape index (κ1) is 18.0. The van der Waals surface area contributed by atoms with Crippen LogP contribution in [0.5, 0.6) is 0 Å². The quantitative estimate of drug-likeness (QED) is 0.311. The van der Waals surface area contributed by atoms with E-state index in [1.165, 1.54) is 77.0 Å². The zero-order valence-electron chi connectivity index (χ0n) is 13.6.